The van der Waals surface area contributed by atoms with E-state index in [1.807, 2.05) is 31.2 Å². The van der Waals surface area contributed by atoms with Gasteiger partial charge in [-0.15, -0.1) is 11.3 Å². The van der Waals surface area contributed by atoms with E-state index in [0.29, 0.717) is 22.1 Å². The number of para-hydroxylation sites is 1. The molecule has 0 radical (unpaired) electrons. The van der Waals surface area contributed by atoms with Crippen LogP contribution in [0.3, 0.4) is 0 Å². The summed E-state index contributed by atoms with van der Waals surface area (Å²) in [4.78, 5) is 26.0. The topological polar surface area (TPSA) is 85.3 Å². The summed E-state index contributed by atoms with van der Waals surface area (Å²) in [5, 5.41) is 4.31. The van der Waals surface area contributed by atoms with Crippen molar-refractivity contribution in [1.82, 2.24) is 0 Å². The van der Waals surface area contributed by atoms with Gasteiger partial charge in [0, 0.05) is 15.8 Å². The molecule has 0 aliphatic heterocycles. The Bertz CT molecular complexity index is 1030. The SMILES string of the molecule is Cc1c(C(=O)Nc2sc3c(c2C(N)=O)CCC(C)C3)oc2ccccc12. The van der Waals surface area contributed by atoms with Crippen LogP contribution in [0.2, 0.25) is 0 Å². The molecule has 1 aliphatic carbocycles. The van der Waals surface area contributed by atoms with Crippen molar-refractivity contribution in [3.63, 3.8) is 0 Å². The molecule has 1 unspecified atom stereocenters. The second-order valence-corrected chi connectivity index (χ2v) is 8.03. The maximum atomic E-state index is 12.8. The minimum Gasteiger partial charge on any atom is -0.451 e. The third-order valence-electron chi connectivity index (χ3n) is 5.04. The van der Waals surface area contributed by atoms with E-state index in [1.54, 1.807) is 0 Å². The van der Waals surface area contributed by atoms with Gasteiger partial charge in [0.15, 0.2) is 5.76 Å². The third-order valence-corrected chi connectivity index (χ3v) is 6.20. The number of thiophene rings is 1. The molecule has 0 spiro atoms. The van der Waals surface area contributed by atoms with Gasteiger partial charge >= 0.3 is 0 Å². The summed E-state index contributed by atoms with van der Waals surface area (Å²) < 4.78 is 5.73. The lowest BCUT2D eigenvalue weighted by molar-refractivity contribution is 0.0998. The maximum absolute atomic E-state index is 12.8. The number of furan rings is 1. The number of carbonyl (C=O) groups excluding carboxylic acids is 2. The average molecular weight is 368 g/mol. The van der Waals surface area contributed by atoms with Crippen LogP contribution in [-0.2, 0) is 12.8 Å². The highest BCUT2D eigenvalue weighted by Crippen LogP contribution is 2.39. The van der Waals surface area contributed by atoms with Crippen LogP contribution < -0.4 is 11.1 Å². The molecule has 1 atom stereocenters. The van der Waals surface area contributed by atoms with E-state index in [2.05, 4.69) is 12.2 Å². The van der Waals surface area contributed by atoms with Gasteiger partial charge < -0.3 is 15.5 Å². The number of fused-ring (bicyclic) bond motifs is 2. The van der Waals surface area contributed by atoms with Crippen LogP contribution in [0, 0.1) is 12.8 Å². The first-order chi connectivity index (χ1) is 12.5. The first-order valence-corrected chi connectivity index (χ1v) is 9.51. The van der Waals surface area contributed by atoms with Gasteiger partial charge in [-0.25, -0.2) is 0 Å². The lowest BCUT2D eigenvalue weighted by atomic mass is 9.88. The summed E-state index contributed by atoms with van der Waals surface area (Å²) in [7, 11) is 0. The predicted octanol–water partition coefficient (Wildman–Crippen LogP) is 4.28. The molecule has 0 bridgehead atoms. The molecule has 1 aliphatic rings. The van der Waals surface area contributed by atoms with Crippen LogP contribution in [0.4, 0.5) is 5.00 Å². The second-order valence-electron chi connectivity index (χ2n) is 6.93. The first kappa shape index (κ1) is 16.8. The van der Waals surface area contributed by atoms with E-state index in [1.165, 1.54) is 11.3 Å². The summed E-state index contributed by atoms with van der Waals surface area (Å²) in [5.41, 5.74) is 8.53. The number of hydrogen-bond donors (Lipinski definition) is 2. The number of carbonyl (C=O) groups is 2. The van der Waals surface area contributed by atoms with Gasteiger partial charge in [0.2, 0.25) is 0 Å². The molecule has 0 fully saturated rings. The van der Waals surface area contributed by atoms with Crippen molar-refractivity contribution in [3.8, 4) is 0 Å². The number of primary amides is 1. The fourth-order valence-electron chi connectivity index (χ4n) is 3.65. The zero-order valence-corrected chi connectivity index (χ0v) is 15.5. The third kappa shape index (κ3) is 2.70. The van der Waals surface area contributed by atoms with Crippen molar-refractivity contribution in [2.75, 3.05) is 5.32 Å². The Morgan fingerprint density at radius 3 is 2.81 bits per heavy atom. The van der Waals surface area contributed by atoms with Crippen LogP contribution in [0.25, 0.3) is 11.0 Å². The molecule has 0 saturated carbocycles. The number of aryl methyl sites for hydroxylation is 1. The number of nitrogens with one attached hydrogen (secondary N) is 1. The molecule has 5 nitrogen and oxygen atoms in total. The lowest BCUT2D eigenvalue weighted by Crippen LogP contribution is -2.19. The van der Waals surface area contributed by atoms with Crippen molar-refractivity contribution in [3.05, 3.63) is 51.6 Å². The zero-order chi connectivity index (χ0) is 18.4. The quantitative estimate of drug-likeness (QED) is 0.723. The number of benzene rings is 1. The average Bonchev–Trinajstić information content (AvgIpc) is 3.12. The monoisotopic (exact) mass is 368 g/mol. The van der Waals surface area contributed by atoms with Gasteiger partial charge in [0.05, 0.1) is 5.56 Å². The molecule has 4 rings (SSSR count). The van der Waals surface area contributed by atoms with Crippen molar-refractivity contribution >= 4 is 39.1 Å². The minimum absolute atomic E-state index is 0.265. The Balaban J connectivity index is 1.71. The lowest BCUT2D eigenvalue weighted by Gasteiger charge is -2.18. The molecular formula is C20H20N2O3S. The standard InChI is InChI=1S/C20H20N2O3S/c1-10-7-8-13-15(9-10)26-20(16(13)18(21)23)22-19(24)17-11(2)12-5-3-4-6-14(12)25-17/h3-6,10H,7-9H2,1-2H3,(H2,21,23)(H,22,24). The van der Waals surface area contributed by atoms with E-state index < -0.39 is 5.91 Å². The number of anilines is 1. The highest BCUT2D eigenvalue weighted by molar-refractivity contribution is 7.17. The number of nitrogens with two attached hydrogens (primary N) is 1. The molecule has 2 heterocycles. The van der Waals surface area contributed by atoms with E-state index in [9.17, 15) is 9.59 Å². The second kappa shape index (κ2) is 6.29. The fraction of sp³-hybridized carbons (Fsp3) is 0.300. The first-order valence-electron chi connectivity index (χ1n) is 8.69. The Kier molecular flexibility index (Phi) is 4.07. The highest BCUT2D eigenvalue weighted by atomic mass is 32.1. The molecule has 26 heavy (non-hydrogen) atoms. The molecule has 134 valence electrons. The van der Waals surface area contributed by atoms with E-state index in [0.717, 1.165) is 40.7 Å². The van der Waals surface area contributed by atoms with Crippen molar-refractivity contribution < 1.29 is 14.0 Å². The molecule has 2 amide bonds. The van der Waals surface area contributed by atoms with E-state index in [-0.39, 0.29) is 11.7 Å². The van der Waals surface area contributed by atoms with E-state index in [4.69, 9.17) is 10.2 Å². The van der Waals surface area contributed by atoms with Gasteiger partial charge in [0.25, 0.3) is 11.8 Å². The molecule has 3 aromatic rings. The highest BCUT2D eigenvalue weighted by Gasteiger charge is 2.28. The van der Waals surface area contributed by atoms with E-state index >= 15 is 0 Å². The Hall–Kier alpha value is -2.60. The van der Waals surface area contributed by atoms with Crippen molar-refractivity contribution in [1.29, 1.82) is 0 Å². The van der Waals surface area contributed by atoms with Crippen LogP contribution in [0.15, 0.2) is 28.7 Å². The molecule has 0 saturated heterocycles. The fourth-order valence-corrected chi connectivity index (χ4v) is 5.06. The smallest absolute Gasteiger partial charge is 0.292 e. The van der Waals surface area contributed by atoms with Crippen LogP contribution >= 0.6 is 11.3 Å². The minimum atomic E-state index is -0.492. The summed E-state index contributed by atoms with van der Waals surface area (Å²) in [5.74, 6) is -0.00840. The molecule has 3 N–H and O–H groups in total. The van der Waals surface area contributed by atoms with Gasteiger partial charge in [-0.1, -0.05) is 25.1 Å². The number of rotatable bonds is 3. The normalized spacial score (nSPS) is 16.5. The zero-order valence-electron chi connectivity index (χ0n) is 14.7. The molecular weight excluding hydrogens is 348 g/mol. The molecule has 2 aromatic heterocycles. The van der Waals surface area contributed by atoms with Crippen molar-refractivity contribution in [2.45, 2.75) is 33.1 Å². The number of hydrogen-bond acceptors (Lipinski definition) is 4. The largest absolute Gasteiger partial charge is 0.451 e. The van der Waals surface area contributed by atoms with Crippen LogP contribution in [0.1, 0.15) is 50.3 Å². The van der Waals surface area contributed by atoms with Crippen molar-refractivity contribution in [2.24, 2.45) is 11.7 Å². The predicted molar refractivity (Wildman–Crippen MR) is 103 cm³/mol. The summed E-state index contributed by atoms with van der Waals surface area (Å²) in [6, 6.07) is 7.53. The van der Waals surface area contributed by atoms with Crippen LogP contribution in [-0.4, -0.2) is 11.8 Å². The Morgan fingerprint density at radius 2 is 2.08 bits per heavy atom. The number of amides is 2. The van der Waals surface area contributed by atoms with Crippen LogP contribution in [0.5, 0.6) is 0 Å². The maximum Gasteiger partial charge on any atom is 0.292 e. The Labute approximate surface area is 155 Å². The summed E-state index contributed by atoms with van der Waals surface area (Å²) in [6.07, 6.45) is 2.77. The van der Waals surface area contributed by atoms with Gasteiger partial charge in [-0.3, -0.25) is 9.59 Å². The summed E-state index contributed by atoms with van der Waals surface area (Å²) >= 11 is 1.46. The Morgan fingerprint density at radius 1 is 1.31 bits per heavy atom. The summed E-state index contributed by atoms with van der Waals surface area (Å²) in [6.45, 7) is 4.06. The molecule has 1 aromatic carbocycles. The molecule has 6 heteroatoms. The van der Waals surface area contributed by atoms with Gasteiger partial charge in [0.1, 0.15) is 10.6 Å². The van der Waals surface area contributed by atoms with Gasteiger partial charge in [-0.2, -0.15) is 0 Å². The van der Waals surface area contributed by atoms with Gasteiger partial charge in [-0.05, 0) is 43.7 Å².